The Balaban J connectivity index is 3.03. The molecule has 0 saturated carbocycles. The van der Waals surface area contributed by atoms with Crippen LogP contribution in [0.3, 0.4) is 0 Å². The van der Waals surface area contributed by atoms with Crippen LogP contribution in [0.15, 0.2) is 18.2 Å². The fourth-order valence-electron chi connectivity index (χ4n) is 1.09. The fourth-order valence-corrected chi connectivity index (χ4v) is 1.09. The molecule has 1 aromatic rings. The van der Waals surface area contributed by atoms with Crippen LogP contribution in [0.4, 0.5) is 4.39 Å². The van der Waals surface area contributed by atoms with Gasteiger partial charge in [-0.1, -0.05) is 26.0 Å². The van der Waals surface area contributed by atoms with Gasteiger partial charge in [0.2, 0.25) is 0 Å². The molecular weight excluding hydrogens is 155 g/mol. The van der Waals surface area contributed by atoms with E-state index < -0.39 is 0 Å². The summed E-state index contributed by atoms with van der Waals surface area (Å²) < 4.78 is 13.2. The lowest BCUT2D eigenvalue weighted by atomic mass is 10.0. The van der Waals surface area contributed by atoms with E-state index in [1.165, 1.54) is 6.07 Å². The molecule has 1 N–H and O–H groups in total. The van der Waals surface area contributed by atoms with Crippen molar-refractivity contribution in [1.29, 1.82) is 0 Å². The maximum absolute atomic E-state index is 13.2. The second kappa shape index (κ2) is 3.68. The number of hydrogen-bond acceptors (Lipinski definition) is 1. The minimum atomic E-state index is -0.257. The summed E-state index contributed by atoms with van der Waals surface area (Å²) in [5.74, 6) is -0.0782. The molecule has 0 aliphatic carbocycles. The quantitative estimate of drug-likeness (QED) is 0.718. The molecule has 1 aromatic carbocycles. The summed E-state index contributed by atoms with van der Waals surface area (Å²) in [6, 6.07) is 4.72. The Hall–Kier alpha value is -0.890. The predicted octanol–water partition coefficient (Wildman–Crippen LogP) is 2.83. The maximum atomic E-state index is 13.2. The molecule has 0 amide bonds. The Labute approximate surface area is 71.9 Å². The first-order valence-corrected chi connectivity index (χ1v) is 3.92. The van der Waals surface area contributed by atoms with Crippen molar-refractivity contribution in [3.8, 4) is 0 Å². The first-order valence-electron chi connectivity index (χ1n) is 3.92. The van der Waals surface area contributed by atoms with Crippen molar-refractivity contribution in [3.05, 3.63) is 41.8 Å². The molecule has 0 unspecified atom stereocenters. The van der Waals surface area contributed by atoms with Gasteiger partial charge in [0.1, 0.15) is 12.4 Å². The Kier molecular flexibility index (Phi) is 2.82. The number of benzene rings is 1. The average Bonchev–Trinajstić information content (AvgIpc) is 2.03. The van der Waals surface area contributed by atoms with Gasteiger partial charge in [0, 0.05) is 0 Å². The molecule has 1 rings (SSSR count). The largest absolute Gasteiger partial charge is 0.385 e. The number of halogens is 1. The molecule has 0 aromatic heterocycles. The summed E-state index contributed by atoms with van der Waals surface area (Å²) in [6.07, 6.45) is 0. The second-order valence-corrected chi connectivity index (χ2v) is 3.06. The zero-order valence-corrected chi connectivity index (χ0v) is 7.21. The molecule has 0 aliphatic heterocycles. The number of rotatable bonds is 2. The van der Waals surface area contributed by atoms with Gasteiger partial charge in [0.05, 0.1) is 0 Å². The van der Waals surface area contributed by atoms with Gasteiger partial charge in [-0.3, -0.25) is 0 Å². The van der Waals surface area contributed by atoms with Crippen LogP contribution >= 0.6 is 0 Å². The van der Waals surface area contributed by atoms with Gasteiger partial charge in [-0.05, 0) is 23.1 Å². The standard InChI is InChI=1S/C10H12FO/c1-7(2)9-4-3-8(6-12)5-10(9)11/h3-7,12H,1-2H3. The third-order valence-corrected chi connectivity index (χ3v) is 1.80. The Morgan fingerprint density at radius 3 is 2.50 bits per heavy atom. The highest BCUT2D eigenvalue weighted by Gasteiger charge is 2.06. The third kappa shape index (κ3) is 1.83. The third-order valence-electron chi connectivity index (χ3n) is 1.80. The lowest BCUT2D eigenvalue weighted by Crippen LogP contribution is -1.94. The van der Waals surface area contributed by atoms with Crippen LogP contribution in [0.2, 0.25) is 0 Å². The normalized spacial score (nSPS) is 10.8. The SMILES string of the molecule is CC(C)c1ccc([CH]O)cc1F. The van der Waals surface area contributed by atoms with Gasteiger partial charge in [-0.25, -0.2) is 4.39 Å². The molecule has 1 nitrogen and oxygen atoms in total. The van der Waals surface area contributed by atoms with Gasteiger partial charge in [-0.15, -0.1) is 0 Å². The van der Waals surface area contributed by atoms with Crippen molar-refractivity contribution in [1.82, 2.24) is 0 Å². The van der Waals surface area contributed by atoms with Gasteiger partial charge < -0.3 is 5.11 Å². The zero-order valence-electron chi connectivity index (χ0n) is 7.21. The monoisotopic (exact) mass is 167 g/mol. The predicted molar refractivity (Wildman–Crippen MR) is 45.8 cm³/mol. The molecule has 0 bridgehead atoms. The van der Waals surface area contributed by atoms with Crippen molar-refractivity contribution < 1.29 is 9.50 Å². The van der Waals surface area contributed by atoms with Crippen LogP contribution < -0.4 is 0 Å². The number of aliphatic hydroxyl groups is 1. The topological polar surface area (TPSA) is 20.2 Å². The van der Waals surface area contributed by atoms with E-state index in [9.17, 15) is 4.39 Å². The molecule has 0 fully saturated rings. The van der Waals surface area contributed by atoms with Gasteiger partial charge in [-0.2, -0.15) is 0 Å². The Morgan fingerprint density at radius 2 is 2.08 bits per heavy atom. The summed E-state index contributed by atoms with van der Waals surface area (Å²) in [6.45, 7) is 4.76. The summed E-state index contributed by atoms with van der Waals surface area (Å²) in [5.41, 5.74) is 1.18. The van der Waals surface area contributed by atoms with Crippen LogP contribution in [0.5, 0.6) is 0 Å². The van der Waals surface area contributed by atoms with E-state index in [1.807, 2.05) is 13.8 Å². The molecule has 0 spiro atoms. The molecule has 0 saturated heterocycles. The lowest BCUT2D eigenvalue weighted by molar-refractivity contribution is 0.414. The van der Waals surface area contributed by atoms with E-state index >= 15 is 0 Å². The van der Waals surface area contributed by atoms with Crippen LogP contribution in [-0.4, -0.2) is 5.11 Å². The van der Waals surface area contributed by atoms with Crippen LogP contribution in [0.1, 0.15) is 30.9 Å². The number of aliphatic hydroxyl groups excluding tert-OH is 1. The van der Waals surface area contributed by atoms with E-state index in [0.29, 0.717) is 11.1 Å². The first-order chi connectivity index (χ1) is 5.65. The summed E-state index contributed by atoms with van der Waals surface area (Å²) >= 11 is 0. The van der Waals surface area contributed by atoms with E-state index in [1.54, 1.807) is 12.1 Å². The van der Waals surface area contributed by atoms with Gasteiger partial charge >= 0.3 is 0 Å². The molecule has 0 aliphatic rings. The Morgan fingerprint density at radius 1 is 1.42 bits per heavy atom. The highest BCUT2D eigenvalue weighted by atomic mass is 19.1. The highest BCUT2D eigenvalue weighted by molar-refractivity contribution is 5.29. The van der Waals surface area contributed by atoms with E-state index in [2.05, 4.69) is 0 Å². The van der Waals surface area contributed by atoms with E-state index in [4.69, 9.17) is 5.11 Å². The first kappa shape index (κ1) is 9.20. The van der Waals surface area contributed by atoms with Crippen molar-refractivity contribution >= 4 is 0 Å². The van der Waals surface area contributed by atoms with Crippen molar-refractivity contribution in [3.63, 3.8) is 0 Å². The highest BCUT2D eigenvalue weighted by Crippen LogP contribution is 2.19. The summed E-state index contributed by atoms with van der Waals surface area (Å²) in [7, 11) is 0. The van der Waals surface area contributed by atoms with Crippen LogP contribution in [0.25, 0.3) is 0 Å². The average molecular weight is 167 g/mol. The van der Waals surface area contributed by atoms with Gasteiger partial charge in [0.15, 0.2) is 0 Å². The molecular formula is C10H12FO. The van der Waals surface area contributed by atoms with Crippen molar-refractivity contribution in [2.45, 2.75) is 19.8 Å². The zero-order chi connectivity index (χ0) is 9.14. The molecule has 1 radical (unpaired) electrons. The fraction of sp³-hybridized carbons (Fsp3) is 0.300. The maximum Gasteiger partial charge on any atom is 0.127 e. The second-order valence-electron chi connectivity index (χ2n) is 3.06. The molecule has 2 heteroatoms. The summed E-state index contributed by atoms with van der Waals surface area (Å²) in [4.78, 5) is 0. The smallest absolute Gasteiger partial charge is 0.127 e. The van der Waals surface area contributed by atoms with Crippen molar-refractivity contribution in [2.75, 3.05) is 0 Å². The lowest BCUT2D eigenvalue weighted by Gasteiger charge is -2.07. The molecule has 0 heterocycles. The minimum absolute atomic E-state index is 0.178. The van der Waals surface area contributed by atoms with E-state index in [0.717, 1.165) is 6.61 Å². The molecule has 65 valence electrons. The van der Waals surface area contributed by atoms with Gasteiger partial charge in [0.25, 0.3) is 0 Å². The van der Waals surface area contributed by atoms with Crippen LogP contribution in [0, 0.1) is 12.4 Å². The van der Waals surface area contributed by atoms with E-state index in [-0.39, 0.29) is 11.7 Å². The summed E-state index contributed by atoms with van der Waals surface area (Å²) in [5, 5.41) is 8.60. The van der Waals surface area contributed by atoms with Crippen molar-refractivity contribution in [2.24, 2.45) is 0 Å². The molecule has 0 atom stereocenters. The van der Waals surface area contributed by atoms with Crippen LogP contribution in [-0.2, 0) is 0 Å². The molecule has 12 heavy (non-hydrogen) atoms. The Bertz CT molecular complexity index is 269. The number of hydrogen-bond donors (Lipinski definition) is 1. The minimum Gasteiger partial charge on any atom is -0.385 e.